The molecule has 3 nitrogen and oxygen atoms in total. The number of carbonyl (C=O) groups is 1. The van der Waals surface area contributed by atoms with E-state index >= 15 is 0 Å². The molecule has 0 bridgehead atoms. The Hall–Kier alpha value is -0.650. The van der Waals surface area contributed by atoms with Crippen molar-refractivity contribution in [1.29, 1.82) is 0 Å². The number of hydrogen-bond acceptors (Lipinski definition) is 2. The van der Waals surface area contributed by atoms with Crippen molar-refractivity contribution in [2.75, 3.05) is 13.1 Å². The molecule has 0 aliphatic carbocycles. The normalized spacial score (nSPS) is 19.3. The molecule has 6 heteroatoms. The number of benzene rings is 1. The number of amides is 1. The van der Waals surface area contributed by atoms with Crippen LogP contribution in [0.15, 0.2) is 22.7 Å². The molecule has 1 aromatic rings. The first kappa shape index (κ1) is 15.4. The standard InChI is InChI=1S/C12H14BrFN2O.ClH/c13-11-4-3-8(14)6-10(11)12(17)16-5-1-2-9(15)7-16;/h3-4,6,9H,1-2,5,7,15H2;1H. The van der Waals surface area contributed by atoms with Crippen molar-refractivity contribution in [2.45, 2.75) is 18.9 Å². The number of halogens is 3. The SMILES string of the molecule is Cl.NC1CCCN(C(=O)c2cc(F)ccc2Br)C1. The third kappa shape index (κ3) is 3.43. The third-order valence-corrected chi connectivity index (χ3v) is 3.60. The van der Waals surface area contributed by atoms with Crippen LogP contribution in [0, 0.1) is 5.82 Å². The highest BCUT2D eigenvalue weighted by molar-refractivity contribution is 9.10. The van der Waals surface area contributed by atoms with Gasteiger partial charge in [0.15, 0.2) is 0 Å². The Kier molecular flexibility index (Phi) is 5.56. The molecular formula is C12H15BrClFN2O. The number of nitrogens with zero attached hydrogens (tertiary/aromatic N) is 1. The second-order valence-corrected chi connectivity index (χ2v) is 5.13. The van der Waals surface area contributed by atoms with Gasteiger partial charge in [-0.3, -0.25) is 4.79 Å². The Labute approximate surface area is 120 Å². The largest absolute Gasteiger partial charge is 0.337 e. The van der Waals surface area contributed by atoms with E-state index in [0.29, 0.717) is 23.1 Å². The maximum Gasteiger partial charge on any atom is 0.255 e. The number of nitrogens with two attached hydrogens (primary N) is 1. The van der Waals surface area contributed by atoms with Gasteiger partial charge >= 0.3 is 0 Å². The Morgan fingerprint density at radius 3 is 2.89 bits per heavy atom. The Morgan fingerprint density at radius 2 is 2.22 bits per heavy atom. The highest BCUT2D eigenvalue weighted by Crippen LogP contribution is 2.21. The monoisotopic (exact) mass is 336 g/mol. The molecule has 0 saturated carbocycles. The molecule has 1 aliphatic rings. The summed E-state index contributed by atoms with van der Waals surface area (Å²) in [5.74, 6) is -0.565. The lowest BCUT2D eigenvalue weighted by molar-refractivity contribution is 0.0707. The van der Waals surface area contributed by atoms with Crippen molar-refractivity contribution in [1.82, 2.24) is 4.90 Å². The van der Waals surface area contributed by atoms with E-state index in [9.17, 15) is 9.18 Å². The van der Waals surface area contributed by atoms with E-state index in [1.54, 1.807) is 11.0 Å². The molecule has 1 unspecified atom stereocenters. The van der Waals surface area contributed by atoms with Crippen molar-refractivity contribution in [2.24, 2.45) is 5.73 Å². The van der Waals surface area contributed by atoms with Crippen molar-refractivity contribution in [3.05, 3.63) is 34.1 Å². The van der Waals surface area contributed by atoms with Gasteiger partial charge in [0, 0.05) is 23.6 Å². The van der Waals surface area contributed by atoms with Crippen molar-refractivity contribution >= 4 is 34.2 Å². The first-order valence-corrected chi connectivity index (χ1v) is 6.37. The molecule has 1 saturated heterocycles. The van der Waals surface area contributed by atoms with Crippen LogP contribution in [-0.4, -0.2) is 29.9 Å². The molecule has 1 aromatic carbocycles. The summed E-state index contributed by atoms with van der Waals surface area (Å²) >= 11 is 3.27. The zero-order valence-electron chi connectivity index (χ0n) is 9.73. The molecule has 0 radical (unpaired) electrons. The molecule has 1 fully saturated rings. The van der Waals surface area contributed by atoms with E-state index < -0.39 is 5.82 Å². The minimum atomic E-state index is -0.405. The van der Waals surface area contributed by atoms with Gasteiger partial charge < -0.3 is 10.6 Å². The van der Waals surface area contributed by atoms with Gasteiger partial charge in [-0.1, -0.05) is 0 Å². The van der Waals surface area contributed by atoms with Gasteiger partial charge in [-0.05, 0) is 47.0 Å². The molecular weight excluding hydrogens is 322 g/mol. The number of piperidine rings is 1. The summed E-state index contributed by atoms with van der Waals surface area (Å²) in [4.78, 5) is 13.9. The van der Waals surface area contributed by atoms with Crippen LogP contribution in [0.4, 0.5) is 4.39 Å². The van der Waals surface area contributed by atoms with Crippen molar-refractivity contribution in [3.8, 4) is 0 Å². The van der Waals surface area contributed by atoms with Crippen LogP contribution in [0.2, 0.25) is 0 Å². The van der Waals surface area contributed by atoms with Crippen LogP contribution in [0.25, 0.3) is 0 Å². The van der Waals surface area contributed by atoms with E-state index in [4.69, 9.17) is 5.73 Å². The lowest BCUT2D eigenvalue weighted by atomic mass is 10.1. The second-order valence-electron chi connectivity index (χ2n) is 4.28. The Balaban J connectivity index is 0.00000162. The van der Waals surface area contributed by atoms with Crippen LogP contribution in [0.1, 0.15) is 23.2 Å². The number of rotatable bonds is 1. The topological polar surface area (TPSA) is 46.3 Å². The zero-order chi connectivity index (χ0) is 12.4. The van der Waals surface area contributed by atoms with Crippen molar-refractivity contribution < 1.29 is 9.18 Å². The molecule has 2 rings (SSSR count). The minimum absolute atomic E-state index is 0. The van der Waals surface area contributed by atoms with Gasteiger partial charge in [0.25, 0.3) is 5.91 Å². The number of carbonyl (C=O) groups excluding carboxylic acids is 1. The molecule has 0 spiro atoms. The number of hydrogen-bond donors (Lipinski definition) is 1. The van der Waals surface area contributed by atoms with E-state index in [1.165, 1.54) is 12.1 Å². The molecule has 1 amide bonds. The summed E-state index contributed by atoms with van der Waals surface area (Å²) in [5.41, 5.74) is 6.19. The number of likely N-dealkylation sites (tertiary alicyclic amines) is 1. The van der Waals surface area contributed by atoms with Gasteiger partial charge in [-0.2, -0.15) is 0 Å². The first-order chi connectivity index (χ1) is 8.08. The summed E-state index contributed by atoms with van der Waals surface area (Å²) in [7, 11) is 0. The Morgan fingerprint density at radius 1 is 1.50 bits per heavy atom. The smallest absolute Gasteiger partial charge is 0.255 e. The first-order valence-electron chi connectivity index (χ1n) is 5.58. The highest BCUT2D eigenvalue weighted by Gasteiger charge is 2.23. The van der Waals surface area contributed by atoms with Gasteiger partial charge in [0.2, 0.25) is 0 Å². The average molecular weight is 338 g/mol. The fourth-order valence-corrected chi connectivity index (χ4v) is 2.44. The minimum Gasteiger partial charge on any atom is -0.337 e. The van der Waals surface area contributed by atoms with E-state index in [2.05, 4.69) is 15.9 Å². The molecule has 18 heavy (non-hydrogen) atoms. The highest BCUT2D eigenvalue weighted by atomic mass is 79.9. The summed E-state index contributed by atoms with van der Waals surface area (Å²) < 4.78 is 13.7. The zero-order valence-corrected chi connectivity index (χ0v) is 12.1. The molecule has 1 heterocycles. The average Bonchev–Trinajstić information content (AvgIpc) is 2.31. The summed E-state index contributed by atoms with van der Waals surface area (Å²) in [5, 5.41) is 0. The van der Waals surface area contributed by atoms with E-state index in [-0.39, 0.29) is 24.4 Å². The summed E-state index contributed by atoms with van der Waals surface area (Å²) in [6, 6.07) is 4.15. The van der Waals surface area contributed by atoms with Crippen LogP contribution in [0.5, 0.6) is 0 Å². The molecule has 100 valence electrons. The van der Waals surface area contributed by atoms with Crippen LogP contribution in [0.3, 0.4) is 0 Å². The lowest BCUT2D eigenvalue weighted by Crippen LogP contribution is -2.45. The second kappa shape index (κ2) is 6.50. The van der Waals surface area contributed by atoms with Gasteiger partial charge in [0.1, 0.15) is 5.82 Å². The molecule has 1 aliphatic heterocycles. The maximum absolute atomic E-state index is 13.1. The van der Waals surface area contributed by atoms with Gasteiger partial charge in [0.05, 0.1) is 5.56 Å². The predicted octanol–water partition coefficient (Wildman–Crippen LogP) is 2.57. The van der Waals surface area contributed by atoms with Gasteiger partial charge in [-0.15, -0.1) is 12.4 Å². The summed E-state index contributed by atoms with van der Waals surface area (Å²) in [6.07, 6.45) is 1.84. The van der Waals surface area contributed by atoms with Crippen molar-refractivity contribution in [3.63, 3.8) is 0 Å². The van der Waals surface area contributed by atoms with E-state index in [0.717, 1.165) is 12.8 Å². The Bertz CT molecular complexity index is 444. The van der Waals surface area contributed by atoms with Crippen LogP contribution < -0.4 is 5.73 Å². The molecule has 0 aromatic heterocycles. The quantitative estimate of drug-likeness (QED) is 0.856. The molecule has 2 N–H and O–H groups in total. The fourth-order valence-electron chi connectivity index (χ4n) is 2.03. The molecule has 1 atom stereocenters. The maximum atomic E-state index is 13.1. The fraction of sp³-hybridized carbons (Fsp3) is 0.417. The van der Waals surface area contributed by atoms with Crippen LogP contribution in [-0.2, 0) is 0 Å². The van der Waals surface area contributed by atoms with Gasteiger partial charge in [-0.25, -0.2) is 4.39 Å². The summed E-state index contributed by atoms with van der Waals surface area (Å²) in [6.45, 7) is 1.23. The predicted molar refractivity (Wildman–Crippen MR) is 74.5 cm³/mol. The third-order valence-electron chi connectivity index (χ3n) is 2.90. The van der Waals surface area contributed by atoms with E-state index in [1.807, 2.05) is 0 Å². The van der Waals surface area contributed by atoms with Crippen LogP contribution >= 0.6 is 28.3 Å². The lowest BCUT2D eigenvalue weighted by Gasteiger charge is -2.31.